The number of fused-ring (bicyclic) bond motifs is 1. The summed E-state index contributed by atoms with van der Waals surface area (Å²) in [5.41, 5.74) is 5.82. The number of benzene rings is 1. The normalized spacial score (nSPS) is 11.0. The monoisotopic (exact) mass is 409 g/mol. The number of amides is 1. The van der Waals surface area contributed by atoms with E-state index in [1.54, 1.807) is 11.8 Å². The van der Waals surface area contributed by atoms with Gasteiger partial charge in [-0.25, -0.2) is 9.67 Å². The van der Waals surface area contributed by atoms with Crippen molar-refractivity contribution >= 4 is 28.3 Å². The maximum Gasteiger partial charge on any atom is 0.242 e. The van der Waals surface area contributed by atoms with Crippen molar-refractivity contribution in [1.29, 1.82) is 0 Å². The Hall–Kier alpha value is -3.09. The van der Waals surface area contributed by atoms with Crippen LogP contribution in [0.15, 0.2) is 24.3 Å². The first-order valence-electron chi connectivity index (χ1n) is 10.4. The number of ether oxygens (including phenoxy) is 1. The number of carbonyl (C=O) groups excluding carboxylic acids is 1. The molecule has 7 nitrogen and oxygen atoms in total. The highest BCUT2D eigenvalue weighted by atomic mass is 16.5. The smallest absolute Gasteiger partial charge is 0.242 e. The van der Waals surface area contributed by atoms with Crippen molar-refractivity contribution in [2.45, 2.75) is 40.5 Å². The predicted octanol–water partition coefficient (Wildman–Crippen LogP) is 4.01. The number of methoxy groups -OCH3 is 1. The molecule has 0 radical (unpaired) electrons. The van der Waals surface area contributed by atoms with Crippen LogP contribution >= 0.6 is 0 Å². The van der Waals surface area contributed by atoms with Gasteiger partial charge in [-0.2, -0.15) is 0 Å². The average molecular weight is 410 g/mol. The molecule has 0 fully saturated rings. The van der Waals surface area contributed by atoms with Crippen molar-refractivity contribution in [1.82, 2.24) is 14.8 Å². The molecular weight excluding hydrogens is 378 g/mol. The van der Waals surface area contributed by atoms with Crippen molar-refractivity contribution < 1.29 is 9.53 Å². The van der Waals surface area contributed by atoms with Crippen molar-refractivity contribution in [3.05, 3.63) is 41.1 Å². The standard InChI is InChI=1S/C23H31N5O2/c1-7-28(8-2)18-11-9-17(10-12-18)25-20(29)14-13-19-15(3)21-22(24-16(19)4)27(5)26-23(21)30-6/h9-12H,7-8,13-14H2,1-6H3,(H,25,29). The summed E-state index contributed by atoms with van der Waals surface area (Å²) in [7, 11) is 3.47. The number of hydrogen-bond acceptors (Lipinski definition) is 5. The van der Waals surface area contributed by atoms with Gasteiger partial charge in [0.1, 0.15) is 0 Å². The minimum atomic E-state index is -0.0114. The van der Waals surface area contributed by atoms with Crippen LogP contribution in [0.1, 0.15) is 37.1 Å². The van der Waals surface area contributed by atoms with Crippen LogP contribution in [0.5, 0.6) is 5.88 Å². The maximum atomic E-state index is 12.5. The quantitative estimate of drug-likeness (QED) is 0.609. The fourth-order valence-electron chi connectivity index (χ4n) is 3.91. The first kappa shape index (κ1) is 21.6. The molecular formula is C23H31N5O2. The van der Waals surface area contributed by atoms with E-state index in [9.17, 15) is 4.79 Å². The summed E-state index contributed by atoms with van der Waals surface area (Å²) in [6.45, 7) is 10.2. The third-order valence-electron chi connectivity index (χ3n) is 5.60. The number of hydrogen-bond donors (Lipinski definition) is 1. The third-order valence-corrected chi connectivity index (χ3v) is 5.60. The Kier molecular flexibility index (Phi) is 6.59. The van der Waals surface area contributed by atoms with Gasteiger partial charge in [-0.05, 0) is 69.5 Å². The molecule has 0 aliphatic heterocycles. The van der Waals surface area contributed by atoms with E-state index in [1.165, 1.54) is 0 Å². The number of aryl methyl sites for hydroxylation is 3. The van der Waals surface area contributed by atoms with Gasteiger partial charge in [0.2, 0.25) is 11.8 Å². The second-order valence-electron chi connectivity index (χ2n) is 7.40. The van der Waals surface area contributed by atoms with Gasteiger partial charge in [0.15, 0.2) is 5.65 Å². The predicted molar refractivity (Wildman–Crippen MR) is 121 cm³/mol. The summed E-state index contributed by atoms with van der Waals surface area (Å²) in [6.07, 6.45) is 0.997. The number of carbonyl (C=O) groups is 1. The van der Waals surface area contributed by atoms with Crippen LogP contribution in [0.4, 0.5) is 11.4 Å². The molecule has 0 saturated carbocycles. The van der Waals surface area contributed by atoms with E-state index in [0.717, 1.165) is 52.3 Å². The molecule has 1 amide bonds. The van der Waals surface area contributed by atoms with E-state index in [1.807, 2.05) is 45.2 Å². The number of rotatable bonds is 8. The lowest BCUT2D eigenvalue weighted by molar-refractivity contribution is -0.116. The number of nitrogens with one attached hydrogen (secondary N) is 1. The average Bonchev–Trinajstić information content (AvgIpc) is 3.05. The van der Waals surface area contributed by atoms with Crippen molar-refractivity contribution in [2.24, 2.45) is 7.05 Å². The number of anilines is 2. The van der Waals surface area contributed by atoms with Crippen LogP contribution in [0.25, 0.3) is 11.0 Å². The highest BCUT2D eigenvalue weighted by Gasteiger charge is 2.18. The van der Waals surface area contributed by atoms with Gasteiger partial charge in [0.25, 0.3) is 0 Å². The summed E-state index contributed by atoms with van der Waals surface area (Å²) in [5, 5.41) is 8.29. The zero-order valence-corrected chi connectivity index (χ0v) is 18.7. The molecule has 0 spiro atoms. The molecule has 0 saturated heterocycles. The Balaban J connectivity index is 1.71. The van der Waals surface area contributed by atoms with Crippen molar-refractivity contribution in [3.63, 3.8) is 0 Å². The lowest BCUT2D eigenvalue weighted by Crippen LogP contribution is -2.21. The van der Waals surface area contributed by atoms with Crippen LogP contribution in [0.2, 0.25) is 0 Å². The second-order valence-corrected chi connectivity index (χ2v) is 7.40. The lowest BCUT2D eigenvalue weighted by Gasteiger charge is -2.21. The summed E-state index contributed by atoms with van der Waals surface area (Å²) >= 11 is 0. The van der Waals surface area contributed by atoms with Crippen molar-refractivity contribution in [2.75, 3.05) is 30.4 Å². The minimum absolute atomic E-state index is 0.0114. The molecule has 2 aromatic heterocycles. The van der Waals surface area contributed by atoms with Gasteiger partial charge in [-0.1, -0.05) is 0 Å². The third kappa shape index (κ3) is 4.25. The Morgan fingerprint density at radius 2 is 1.83 bits per heavy atom. The molecule has 0 bridgehead atoms. The van der Waals surface area contributed by atoms with Gasteiger partial charge in [-0.15, -0.1) is 5.10 Å². The summed E-state index contributed by atoms with van der Waals surface area (Å²) in [4.78, 5) is 19.5. The Morgan fingerprint density at radius 1 is 1.17 bits per heavy atom. The first-order chi connectivity index (χ1) is 14.4. The van der Waals surface area contributed by atoms with Gasteiger partial charge in [0, 0.05) is 43.6 Å². The fourth-order valence-corrected chi connectivity index (χ4v) is 3.91. The van der Waals surface area contributed by atoms with Crippen LogP contribution in [0.3, 0.4) is 0 Å². The SMILES string of the molecule is CCN(CC)c1ccc(NC(=O)CCc2c(C)nc3c(c(OC)nn3C)c2C)cc1. The largest absolute Gasteiger partial charge is 0.479 e. The first-order valence-corrected chi connectivity index (χ1v) is 10.4. The highest BCUT2D eigenvalue weighted by Crippen LogP contribution is 2.30. The number of aromatic nitrogens is 3. The van der Waals surface area contributed by atoms with E-state index < -0.39 is 0 Å². The molecule has 7 heteroatoms. The van der Waals surface area contributed by atoms with Crippen LogP contribution in [-0.4, -0.2) is 40.9 Å². The summed E-state index contributed by atoms with van der Waals surface area (Å²) in [5.74, 6) is 0.555. The Morgan fingerprint density at radius 3 is 2.43 bits per heavy atom. The molecule has 0 aliphatic rings. The van der Waals surface area contributed by atoms with Crippen LogP contribution in [0, 0.1) is 13.8 Å². The molecule has 30 heavy (non-hydrogen) atoms. The molecule has 3 rings (SSSR count). The Labute approximate surface area is 178 Å². The molecule has 160 valence electrons. The van der Waals surface area contributed by atoms with Gasteiger partial charge in [-0.3, -0.25) is 4.79 Å². The number of pyridine rings is 1. The van der Waals surface area contributed by atoms with E-state index in [0.29, 0.717) is 18.7 Å². The van der Waals surface area contributed by atoms with E-state index >= 15 is 0 Å². The van der Waals surface area contributed by atoms with E-state index in [4.69, 9.17) is 9.72 Å². The zero-order valence-electron chi connectivity index (χ0n) is 18.7. The molecule has 2 heterocycles. The molecule has 0 unspecified atom stereocenters. The van der Waals surface area contributed by atoms with E-state index in [-0.39, 0.29) is 5.91 Å². The Bertz CT molecular complexity index is 1040. The highest BCUT2D eigenvalue weighted by molar-refractivity contribution is 5.91. The van der Waals surface area contributed by atoms with Crippen LogP contribution in [-0.2, 0) is 18.3 Å². The minimum Gasteiger partial charge on any atom is -0.479 e. The molecule has 0 aliphatic carbocycles. The zero-order chi connectivity index (χ0) is 21.8. The number of nitrogens with zero attached hydrogens (tertiary/aromatic N) is 4. The van der Waals surface area contributed by atoms with Gasteiger partial charge in [0.05, 0.1) is 12.5 Å². The summed E-state index contributed by atoms with van der Waals surface area (Å²) in [6, 6.07) is 8.00. The van der Waals surface area contributed by atoms with Gasteiger partial charge >= 0.3 is 0 Å². The van der Waals surface area contributed by atoms with Gasteiger partial charge < -0.3 is 15.0 Å². The van der Waals surface area contributed by atoms with Crippen LogP contribution < -0.4 is 15.0 Å². The topological polar surface area (TPSA) is 72.3 Å². The lowest BCUT2D eigenvalue weighted by atomic mass is 10.00. The van der Waals surface area contributed by atoms with Crippen molar-refractivity contribution in [3.8, 4) is 5.88 Å². The van der Waals surface area contributed by atoms with E-state index in [2.05, 4.69) is 29.2 Å². The summed E-state index contributed by atoms with van der Waals surface area (Å²) < 4.78 is 7.15. The maximum absolute atomic E-state index is 12.5. The second kappa shape index (κ2) is 9.15. The molecule has 1 N–H and O–H groups in total. The molecule has 0 atom stereocenters. The molecule has 3 aromatic rings. The molecule has 1 aromatic carbocycles. The fraction of sp³-hybridized carbons (Fsp3) is 0.435.